The third-order valence-electron chi connectivity index (χ3n) is 3.02. The number of hydrogen-bond donors (Lipinski definition) is 1. The quantitative estimate of drug-likeness (QED) is 0.803. The lowest BCUT2D eigenvalue weighted by molar-refractivity contribution is -0.138. The molecule has 0 amide bonds. The Kier molecular flexibility index (Phi) is 4.42. The van der Waals surface area contributed by atoms with Crippen LogP contribution in [-0.2, 0) is 4.79 Å². The summed E-state index contributed by atoms with van der Waals surface area (Å²) in [4.78, 5) is 11.0. The van der Waals surface area contributed by atoms with Crippen LogP contribution in [0, 0.1) is 0 Å². The van der Waals surface area contributed by atoms with E-state index >= 15 is 0 Å². The third kappa shape index (κ3) is 3.25. The van der Waals surface area contributed by atoms with E-state index in [9.17, 15) is 4.79 Å². The fraction of sp³-hybridized carbons (Fsp3) is 0.133. The lowest BCUT2D eigenvalue weighted by Gasteiger charge is -2.10. The maximum atomic E-state index is 11.0. The van der Waals surface area contributed by atoms with Crippen LogP contribution in [0.4, 0.5) is 0 Å². The second kappa shape index (κ2) is 5.88. The molecule has 0 spiro atoms. The number of carboxylic acids is 1. The Balaban J connectivity index is 2.39. The van der Waals surface area contributed by atoms with Crippen LogP contribution in [0.15, 0.2) is 51.4 Å². The molecule has 0 bridgehead atoms. The van der Waals surface area contributed by atoms with E-state index in [1.54, 1.807) is 6.92 Å². The molecule has 98 valence electrons. The number of carbonyl (C=O) groups is 1. The van der Waals surface area contributed by atoms with Crippen LogP contribution in [-0.4, -0.2) is 11.1 Å². The molecule has 19 heavy (non-hydrogen) atoms. The monoisotopic (exact) mass is 382 g/mol. The average Bonchev–Trinajstić information content (AvgIpc) is 2.39. The summed E-state index contributed by atoms with van der Waals surface area (Å²) < 4.78 is 1.93. The summed E-state index contributed by atoms with van der Waals surface area (Å²) in [5, 5.41) is 9.02. The van der Waals surface area contributed by atoms with Crippen LogP contribution in [0.25, 0.3) is 11.1 Å². The number of rotatable bonds is 3. The minimum atomic E-state index is -0.816. The molecule has 4 heteroatoms. The van der Waals surface area contributed by atoms with Gasteiger partial charge in [0.15, 0.2) is 0 Å². The summed E-state index contributed by atoms with van der Waals surface area (Å²) in [5.74, 6) is -1.32. The van der Waals surface area contributed by atoms with Gasteiger partial charge in [0.25, 0.3) is 0 Å². The highest BCUT2D eigenvalue weighted by atomic mass is 79.9. The Morgan fingerprint density at radius 2 is 1.74 bits per heavy atom. The molecule has 1 N–H and O–H groups in total. The van der Waals surface area contributed by atoms with Gasteiger partial charge in [0.1, 0.15) is 0 Å². The van der Waals surface area contributed by atoms with E-state index in [0.717, 1.165) is 25.6 Å². The third-order valence-corrected chi connectivity index (χ3v) is 4.20. The molecule has 1 atom stereocenters. The van der Waals surface area contributed by atoms with Crippen LogP contribution in [0.2, 0.25) is 0 Å². The molecule has 0 saturated heterocycles. The average molecular weight is 384 g/mol. The number of aliphatic carboxylic acids is 1. The molecule has 0 saturated carbocycles. The lowest BCUT2D eigenvalue weighted by Crippen LogP contribution is -2.07. The molecule has 0 fully saturated rings. The van der Waals surface area contributed by atoms with Gasteiger partial charge in [-0.2, -0.15) is 0 Å². The second-order valence-electron chi connectivity index (χ2n) is 4.31. The Labute approximate surface area is 128 Å². The van der Waals surface area contributed by atoms with Gasteiger partial charge < -0.3 is 5.11 Å². The first-order chi connectivity index (χ1) is 8.99. The molecule has 0 aromatic heterocycles. The van der Waals surface area contributed by atoms with Crippen LogP contribution < -0.4 is 0 Å². The first-order valence-corrected chi connectivity index (χ1v) is 7.36. The Hall–Kier alpha value is -1.13. The predicted octanol–water partition coefficient (Wildman–Crippen LogP) is 5.07. The summed E-state index contributed by atoms with van der Waals surface area (Å²) >= 11 is 6.92. The van der Waals surface area contributed by atoms with E-state index in [-0.39, 0.29) is 0 Å². The summed E-state index contributed by atoms with van der Waals surface area (Å²) in [6.45, 7) is 1.68. The normalized spacial score (nSPS) is 12.2. The van der Waals surface area contributed by atoms with Crippen molar-refractivity contribution in [3.8, 4) is 11.1 Å². The maximum absolute atomic E-state index is 11.0. The fourth-order valence-electron chi connectivity index (χ4n) is 1.81. The molecule has 0 aliphatic rings. The smallest absolute Gasteiger partial charge is 0.310 e. The van der Waals surface area contributed by atoms with E-state index in [4.69, 9.17) is 5.11 Å². The predicted molar refractivity (Wildman–Crippen MR) is 83.3 cm³/mol. The first-order valence-electron chi connectivity index (χ1n) is 5.77. The molecule has 2 nitrogen and oxygen atoms in total. The van der Waals surface area contributed by atoms with Gasteiger partial charge in [-0.1, -0.05) is 56.1 Å². The van der Waals surface area contributed by atoms with Gasteiger partial charge in [-0.05, 0) is 41.8 Å². The van der Waals surface area contributed by atoms with Crippen molar-refractivity contribution in [2.45, 2.75) is 12.8 Å². The number of benzene rings is 2. The molecule has 1 unspecified atom stereocenters. The van der Waals surface area contributed by atoms with Crippen molar-refractivity contribution < 1.29 is 9.90 Å². The zero-order chi connectivity index (χ0) is 14.0. The fourth-order valence-corrected chi connectivity index (χ4v) is 2.70. The van der Waals surface area contributed by atoms with Gasteiger partial charge in [0.2, 0.25) is 0 Å². The Morgan fingerprint density at radius 1 is 1.11 bits per heavy atom. The molecule has 0 heterocycles. The van der Waals surface area contributed by atoms with Crippen molar-refractivity contribution in [3.05, 3.63) is 57.0 Å². The van der Waals surface area contributed by atoms with Crippen LogP contribution in [0.3, 0.4) is 0 Å². The van der Waals surface area contributed by atoms with Crippen molar-refractivity contribution in [2.75, 3.05) is 0 Å². The molecule has 2 aromatic rings. The zero-order valence-corrected chi connectivity index (χ0v) is 13.4. The van der Waals surface area contributed by atoms with E-state index in [0.29, 0.717) is 0 Å². The summed E-state index contributed by atoms with van der Waals surface area (Å²) in [5.41, 5.74) is 2.93. The Bertz CT molecular complexity index is 606. The minimum Gasteiger partial charge on any atom is -0.481 e. The van der Waals surface area contributed by atoms with Gasteiger partial charge >= 0.3 is 5.97 Å². The Morgan fingerprint density at radius 3 is 2.26 bits per heavy atom. The van der Waals surface area contributed by atoms with Crippen molar-refractivity contribution >= 4 is 37.8 Å². The molecular weight excluding hydrogens is 372 g/mol. The summed E-state index contributed by atoms with van der Waals surface area (Å²) in [6.07, 6.45) is 0. The highest BCUT2D eigenvalue weighted by Crippen LogP contribution is 2.31. The van der Waals surface area contributed by atoms with Crippen molar-refractivity contribution in [2.24, 2.45) is 0 Å². The molecular formula is C15H12Br2O2. The lowest BCUT2D eigenvalue weighted by atomic mass is 9.98. The second-order valence-corrected chi connectivity index (χ2v) is 6.08. The number of hydrogen-bond acceptors (Lipinski definition) is 1. The molecule has 0 radical (unpaired) electrons. The first kappa shape index (κ1) is 14.3. The van der Waals surface area contributed by atoms with Crippen LogP contribution in [0.5, 0.6) is 0 Å². The van der Waals surface area contributed by atoms with E-state index in [2.05, 4.69) is 31.9 Å². The highest BCUT2D eigenvalue weighted by molar-refractivity contribution is 9.10. The van der Waals surface area contributed by atoms with Crippen LogP contribution in [0.1, 0.15) is 18.4 Å². The van der Waals surface area contributed by atoms with E-state index < -0.39 is 11.9 Å². The van der Waals surface area contributed by atoms with Crippen molar-refractivity contribution in [1.29, 1.82) is 0 Å². The van der Waals surface area contributed by atoms with Gasteiger partial charge in [-0.25, -0.2) is 0 Å². The standard InChI is InChI=1S/C15H12Br2O2/c1-9(15(18)19)11-4-7-13(14(17)8-11)10-2-5-12(16)6-3-10/h2-9H,1H3,(H,18,19). The van der Waals surface area contributed by atoms with E-state index in [1.807, 2.05) is 42.5 Å². The van der Waals surface area contributed by atoms with Gasteiger partial charge in [0.05, 0.1) is 5.92 Å². The number of carboxylic acid groups (broad SMARTS) is 1. The molecule has 0 aliphatic heterocycles. The minimum absolute atomic E-state index is 0.504. The molecule has 0 aliphatic carbocycles. The van der Waals surface area contributed by atoms with Crippen molar-refractivity contribution in [3.63, 3.8) is 0 Å². The van der Waals surface area contributed by atoms with Crippen molar-refractivity contribution in [1.82, 2.24) is 0 Å². The SMILES string of the molecule is CC(C(=O)O)c1ccc(-c2ccc(Br)cc2)c(Br)c1. The molecule has 2 aromatic carbocycles. The highest BCUT2D eigenvalue weighted by Gasteiger charge is 2.15. The number of halogens is 2. The zero-order valence-electron chi connectivity index (χ0n) is 10.2. The summed E-state index contributed by atoms with van der Waals surface area (Å²) in [6, 6.07) is 13.7. The topological polar surface area (TPSA) is 37.3 Å². The van der Waals surface area contributed by atoms with E-state index in [1.165, 1.54) is 0 Å². The molecule has 2 rings (SSSR count). The maximum Gasteiger partial charge on any atom is 0.310 e. The van der Waals surface area contributed by atoms with Gasteiger partial charge in [-0.3, -0.25) is 4.79 Å². The van der Waals surface area contributed by atoms with Crippen LogP contribution >= 0.6 is 31.9 Å². The largest absolute Gasteiger partial charge is 0.481 e. The van der Waals surface area contributed by atoms with Gasteiger partial charge in [-0.15, -0.1) is 0 Å². The van der Waals surface area contributed by atoms with Gasteiger partial charge in [0, 0.05) is 8.95 Å². The summed E-state index contributed by atoms with van der Waals surface area (Å²) in [7, 11) is 0.